The lowest BCUT2D eigenvalue weighted by Gasteiger charge is -2.33. The number of aromatic nitrogens is 1. The third-order valence-electron chi connectivity index (χ3n) is 4.92. The summed E-state index contributed by atoms with van der Waals surface area (Å²) in [7, 11) is -3.53. The van der Waals surface area contributed by atoms with Crippen LogP contribution in [-0.2, 0) is 10.0 Å². The molecule has 1 aliphatic rings. The Bertz CT molecular complexity index is 1100. The van der Waals surface area contributed by atoms with Crippen molar-refractivity contribution in [3.05, 3.63) is 71.2 Å². The summed E-state index contributed by atoms with van der Waals surface area (Å²) < 4.78 is 27.0. The van der Waals surface area contributed by atoms with Crippen molar-refractivity contribution in [2.24, 2.45) is 0 Å². The van der Waals surface area contributed by atoms with Gasteiger partial charge in [0, 0.05) is 31.7 Å². The first kappa shape index (κ1) is 19.8. The zero-order valence-corrected chi connectivity index (χ0v) is 17.6. The highest BCUT2D eigenvalue weighted by atomic mass is 32.2. The van der Waals surface area contributed by atoms with Crippen LogP contribution in [0.15, 0.2) is 65.6 Å². The second kappa shape index (κ2) is 8.06. The van der Waals surface area contributed by atoms with Crippen LogP contribution >= 0.6 is 11.3 Å². The second-order valence-electron chi connectivity index (χ2n) is 6.81. The summed E-state index contributed by atoms with van der Waals surface area (Å²) in [6.45, 7) is 3.14. The molecule has 0 N–H and O–H groups in total. The predicted octanol–water partition coefficient (Wildman–Crippen LogP) is 3.27. The smallest absolute Gasteiger partial charge is 0.265 e. The van der Waals surface area contributed by atoms with Gasteiger partial charge < -0.3 is 4.90 Å². The first-order valence-electron chi connectivity index (χ1n) is 9.34. The average Bonchev–Trinajstić information content (AvgIpc) is 3.16. The van der Waals surface area contributed by atoms with E-state index < -0.39 is 10.0 Å². The van der Waals surface area contributed by atoms with E-state index in [1.807, 2.05) is 37.3 Å². The van der Waals surface area contributed by atoms with E-state index in [0.29, 0.717) is 23.7 Å². The number of hydrogen-bond donors (Lipinski definition) is 0. The number of rotatable bonds is 4. The van der Waals surface area contributed by atoms with Crippen molar-refractivity contribution in [2.45, 2.75) is 11.8 Å². The molecular weight excluding hydrogens is 406 g/mol. The Balaban J connectivity index is 1.47. The number of carbonyl (C=O) groups is 1. The SMILES string of the molecule is Cc1nc(-c2ccccc2)sc1C(=O)N1CCN(S(=O)(=O)c2ccccc2)CC1. The van der Waals surface area contributed by atoms with Gasteiger partial charge >= 0.3 is 0 Å². The maximum absolute atomic E-state index is 13.0. The van der Waals surface area contributed by atoms with Crippen LogP contribution in [0.3, 0.4) is 0 Å². The van der Waals surface area contributed by atoms with Crippen LogP contribution in [0.4, 0.5) is 0 Å². The molecule has 0 saturated carbocycles. The molecule has 8 heteroatoms. The molecule has 1 amide bonds. The minimum Gasteiger partial charge on any atom is -0.335 e. The fourth-order valence-corrected chi connectivity index (χ4v) is 5.80. The summed E-state index contributed by atoms with van der Waals surface area (Å²) >= 11 is 1.38. The van der Waals surface area contributed by atoms with Crippen LogP contribution in [0.2, 0.25) is 0 Å². The number of thiazole rings is 1. The number of hydrogen-bond acceptors (Lipinski definition) is 5. The Morgan fingerprint density at radius 3 is 2.14 bits per heavy atom. The van der Waals surface area contributed by atoms with E-state index in [0.717, 1.165) is 10.6 Å². The minimum absolute atomic E-state index is 0.0843. The maximum Gasteiger partial charge on any atom is 0.265 e. The van der Waals surface area contributed by atoms with Crippen molar-refractivity contribution in [3.63, 3.8) is 0 Å². The lowest BCUT2D eigenvalue weighted by atomic mass is 10.2. The van der Waals surface area contributed by atoms with Crippen LogP contribution in [-0.4, -0.2) is 54.7 Å². The van der Waals surface area contributed by atoms with Crippen molar-refractivity contribution in [1.29, 1.82) is 0 Å². The van der Waals surface area contributed by atoms with Crippen LogP contribution in [0.5, 0.6) is 0 Å². The summed E-state index contributed by atoms with van der Waals surface area (Å²) in [4.78, 5) is 20.2. The van der Waals surface area contributed by atoms with Crippen molar-refractivity contribution in [3.8, 4) is 10.6 Å². The van der Waals surface area contributed by atoms with Crippen molar-refractivity contribution in [2.75, 3.05) is 26.2 Å². The minimum atomic E-state index is -3.53. The predicted molar refractivity (Wildman–Crippen MR) is 113 cm³/mol. The van der Waals surface area contributed by atoms with Gasteiger partial charge in [0.05, 0.1) is 10.6 Å². The standard InChI is InChI=1S/C21H21N3O3S2/c1-16-19(28-20(22-16)17-8-4-2-5-9-17)21(25)23-12-14-24(15-13-23)29(26,27)18-10-6-3-7-11-18/h2-11H,12-15H2,1H3. The molecule has 0 bridgehead atoms. The van der Waals surface area contributed by atoms with Gasteiger partial charge in [-0.2, -0.15) is 4.31 Å². The van der Waals surface area contributed by atoms with Crippen LogP contribution < -0.4 is 0 Å². The molecule has 1 saturated heterocycles. The van der Waals surface area contributed by atoms with Gasteiger partial charge in [-0.25, -0.2) is 13.4 Å². The maximum atomic E-state index is 13.0. The third kappa shape index (κ3) is 3.96. The molecule has 6 nitrogen and oxygen atoms in total. The average molecular weight is 428 g/mol. The molecule has 2 heterocycles. The molecule has 29 heavy (non-hydrogen) atoms. The number of carbonyl (C=O) groups excluding carboxylic acids is 1. The number of sulfonamides is 1. The highest BCUT2D eigenvalue weighted by Gasteiger charge is 2.31. The summed E-state index contributed by atoms with van der Waals surface area (Å²) in [6.07, 6.45) is 0. The summed E-state index contributed by atoms with van der Waals surface area (Å²) in [5.74, 6) is -0.0843. The summed E-state index contributed by atoms with van der Waals surface area (Å²) in [5, 5.41) is 0.816. The Morgan fingerprint density at radius 1 is 0.931 bits per heavy atom. The molecule has 1 aromatic heterocycles. The van der Waals surface area contributed by atoms with Gasteiger partial charge in [0.1, 0.15) is 9.88 Å². The zero-order valence-electron chi connectivity index (χ0n) is 16.0. The van der Waals surface area contributed by atoms with Gasteiger partial charge in [-0.15, -0.1) is 11.3 Å². The molecule has 0 atom stereocenters. The fraction of sp³-hybridized carbons (Fsp3) is 0.238. The molecule has 2 aromatic carbocycles. The molecule has 0 unspecified atom stereocenters. The lowest BCUT2D eigenvalue weighted by Crippen LogP contribution is -2.50. The highest BCUT2D eigenvalue weighted by Crippen LogP contribution is 2.29. The topological polar surface area (TPSA) is 70.6 Å². The molecule has 0 aliphatic carbocycles. The van der Waals surface area contributed by atoms with Crippen molar-refractivity contribution in [1.82, 2.24) is 14.2 Å². The van der Waals surface area contributed by atoms with Gasteiger partial charge in [-0.3, -0.25) is 4.79 Å². The fourth-order valence-electron chi connectivity index (χ4n) is 3.32. The van der Waals surface area contributed by atoms with Gasteiger partial charge in [0.15, 0.2) is 0 Å². The monoisotopic (exact) mass is 427 g/mol. The van der Waals surface area contributed by atoms with E-state index in [1.54, 1.807) is 35.2 Å². The number of amides is 1. The van der Waals surface area contributed by atoms with E-state index in [9.17, 15) is 13.2 Å². The summed E-state index contributed by atoms with van der Waals surface area (Å²) in [6, 6.07) is 18.2. The zero-order chi connectivity index (χ0) is 20.4. The van der Waals surface area contributed by atoms with Gasteiger partial charge in [-0.05, 0) is 19.1 Å². The van der Waals surface area contributed by atoms with Crippen molar-refractivity contribution < 1.29 is 13.2 Å². The molecular formula is C21H21N3O3S2. The first-order valence-corrected chi connectivity index (χ1v) is 11.6. The number of nitrogens with zero attached hydrogens (tertiary/aromatic N) is 3. The first-order chi connectivity index (χ1) is 14.0. The third-order valence-corrected chi connectivity index (χ3v) is 8.03. The molecule has 1 aliphatic heterocycles. The number of benzene rings is 2. The Morgan fingerprint density at radius 2 is 1.52 bits per heavy atom. The molecule has 4 rings (SSSR count). The Labute approximate surface area is 174 Å². The Kier molecular flexibility index (Phi) is 5.49. The quantitative estimate of drug-likeness (QED) is 0.641. The molecule has 1 fully saturated rings. The van der Waals surface area contributed by atoms with E-state index in [2.05, 4.69) is 4.98 Å². The van der Waals surface area contributed by atoms with Gasteiger partial charge in [0.25, 0.3) is 5.91 Å². The molecule has 3 aromatic rings. The normalized spacial score (nSPS) is 15.4. The lowest BCUT2D eigenvalue weighted by molar-refractivity contribution is 0.0702. The van der Waals surface area contributed by atoms with E-state index in [4.69, 9.17) is 0 Å². The number of aryl methyl sites for hydroxylation is 1. The van der Waals surface area contributed by atoms with Crippen LogP contribution in [0.1, 0.15) is 15.4 Å². The molecule has 150 valence electrons. The van der Waals surface area contributed by atoms with E-state index in [-0.39, 0.29) is 23.9 Å². The van der Waals surface area contributed by atoms with E-state index in [1.165, 1.54) is 15.6 Å². The largest absolute Gasteiger partial charge is 0.335 e. The van der Waals surface area contributed by atoms with Gasteiger partial charge in [0.2, 0.25) is 10.0 Å². The highest BCUT2D eigenvalue weighted by molar-refractivity contribution is 7.89. The van der Waals surface area contributed by atoms with Crippen molar-refractivity contribution >= 4 is 27.3 Å². The molecule has 0 spiro atoms. The van der Waals surface area contributed by atoms with Crippen LogP contribution in [0, 0.1) is 6.92 Å². The van der Waals surface area contributed by atoms with Gasteiger partial charge in [-0.1, -0.05) is 48.5 Å². The Hall–Kier alpha value is -2.55. The van der Waals surface area contributed by atoms with E-state index >= 15 is 0 Å². The molecule has 0 radical (unpaired) electrons. The summed E-state index contributed by atoms with van der Waals surface area (Å²) in [5.41, 5.74) is 1.69. The number of piperazine rings is 1. The van der Waals surface area contributed by atoms with Crippen LogP contribution in [0.25, 0.3) is 10.6 Å². The second-order valence-corrected chi connectivity index (χ2v) is 9.75.